The van der Waals surface area contributed by atoms with Crippen LogP contribution in [0.2, 0.25) is 0 Å². The second kappa shape index (κ2) is 22.7. The highest BCUT2D eigenvalue weighted by Crippen LogP contribution is 2.20. The number of benzene rings is 2. The highest BCUT2D eigenvalue weighted by Gasteiger charge is 2.10. The third kappa shape index (κ3) is 14.6. The van der Waals surface area contributed by atoms with Crippen LogP contribution in [-0.2, 0) is 9.59 Å². The summed E-state index contributed by atoms with van der Waals surface area (Å²) >= 11 is 0. The topological polar surface area (TPSA) is 143 Å². The number of para-hydroxylation sites is 2. The number of nitrogens with zero attached hydrogens (tertiary/aromatic N) is 2. The number of aliphatic hydroxyl groups excluding tert-OH is 2. The van der Waals surface area contributed by atoms with Gasteiger partial charge in [0.2, 0.25) is 5.91 Å². The number of nitrogens with one attached hydrogen (secondary N) is 2. The van der Waals surface area contributed by atoms with E-state index in [-0.39, 0.29) is 51.9 Å². The lowest BCUT2D eigenvalue weighted by atomic mass is 10.1. The molecule has 0 saturated carbocycles. The Labute approximate surface area is 223 Å². The van der Waals surface area contributed by atoms with Crippen molar-refractivity contribution in [1.82, 2.24) is 10.6 Å². The van der Waals surface area contributed by atoms with Gasteiger partial charge < -0.3 is 35.2 Å². The fourth-order valence-corrected chi connectivity index (χ4v) is 2.43. The number of amides is 2. The minimum Gasteiger partial charge on any atom is -0.496 e. The van der Waals surface area contributed by atoms with Gasteiger partial charge in [-0.15, -0.1) is 0 Å². The standard InChI is InChI=1S/C13H14N2O3.C8H8O2.C5H8N2O2.CH4/c1-14-11(13(17)15-7-8-16)9-10-5-3-4-6-12(10)18-2;1-10-8-5-3-2-4-7(8)6-9;1-6-4-5(9)7-2-3-8;/h3-6,9,16H,7-8H2,2H3,(H,15,17);2-6H,1H3;8H,2-4H2,(H,7,9);1H4/b11-9-;;;. The van der Waals surface area contributed by atoms with Crippen LogP contribution in [0.3, 0.4) is 0 Å². The monoisotopic (exact) mass is 526 g/mol. The lowest BCUT2D eigenvalue weighted by molar-refractivity contribution is -0.119. The summed E-state index contributed by atoms with van der Waals surface area (Å²) in [5, 5.41) is 21.6. The SMILES string of the molecule is C.COc1ccccc1C=O.[C-]#[N+]/C(=C\c1ccccc1OC)C(=O)NCCO.[C-]#[N+]CC(=O)NCCO. The number of aliphatic hydroxyl groups is 2. The van der Waals surface area contributed by atoms with E-state index in [1.54, 1.807) is 49.6 Å². The van der Waals surface area contributed by atoms with Gasteiger partial charge in [0.05, 0.1) is 39.6 Å². The summed E-state index contributed by atoms with van der Waals surface area (Å²) < 4.78 is 10.0. The zero-order chi connectivity index (χ0) is 27.9. The summed E-state index contributed by atoms with van der Waals surface area (Å²) in [6.07, 6.45) is 2.23. The van der Waals surface area contributed by atoms with Crippen LogP contribution in [0.15, 0.2) is 54.2 Å². The Morgan fingerprint density at radius 3 is 1.84 bits per heavy atom. The molecule has 0 unspecified atom stereocenters. The van der Waals surface area contributed by atoms with Crippen molar-refractivity contribution in [2.75, 3.05) is 47.1 Å². The molecule has 0 heterocycles. The maximum atomic E-state index is 11.6. The Balaban J connectivity index is 0. The van der Waals surface area contributed by atoms with Crippen molar-refractivity contribution in [1.29, 1.82) is 0 Å². The van der Waals surface area contributed by atoms with Crippen LogP contribution in [-0.4, -0.2) is 75.4 Å². The second-order valence-electron chi connectivity index (χ2n) is 6.61. The van der Waals surface area contributed by atoms with Gasteiger partial charge in [0, 0.05) is 18.7 Å². The summed E-state index contributed by atoms with van der Waals surface area (Å²) in [7, 11) is 3.07. The van der Waals surface area contributed by atoms with E-state index in [0.29, 0.717) is 22.6 Å². The molecule has 0 aliphatic carbocycles. The van der Waals surface area contributed by atoms with Gasteiger partial charge >= 0.3 is 0 Å². The molecule has 0 aromatic heterocycles. The van der Waals surface area contributed by atoms with E-state index >= 15 is 0 Å². The molecule has 11 heteroatoms. The minimum absolute atomic E-state index is 0. The van der Waals surface area contributed by atoms with Gasteiger partial charge in [-0.25, -0.2) is 11.4 Å². The minimum atomic E-state index is -0.509. The molecule has 204 valence electrons. The van der Waals surface area contributed by atoms with Crippen molar-refractivity contribution in [3.63, 3.8) is 0 Å². The Hall–Kier alpha value is -4.71. The van der Waals surface area contributed by atoms with Crippen LogP contribution in [0.1, 0.15) is 23.3 Å². The summed E-state index contributed by atoms with van der Waals surface area (Å²) in [6.45, 7) is 13.2. The number of hydrogen-bond donors (Lipinski definition) is 4. The first kappa shape index (κ1) is 35.5. The van der Waals surface area contributed by atoms with Gasteiger partial charge in [0.15, 0.2) is 6.29 Å². The van der Waals surface area contributed by atoms with Crippen molar-refractivity contribution < 1.29 is 34.1 Å². The Morgan fingerprint density at radius 1 is 0.895 bits per heavy atom. The molecule has 0 fully saturated rings. The van der Waals surface area contributed by atoms with Crippen LogP contribution in [0.5, 0.6) is 11.5 Å². The average molecular weight is 527 g/mol. The Kier molecular flexibility index (Phi) is 21.2. The largest absolute Gasteiger partial charge is 0.496 e. The van der Waals surface area contributed by atoms with Gasteiger partial charge in [-0.1, -0.05) is 37.8 Å². The molecule has 38 heavy (non-hydrogen) atoms. The molecule has 0 bridgehead atoms. The predicted octanol–water partition coefficient (Wildman–Crippen LogP) is 2.22. The lowest BCUT2D eigenvalue weighted by Crippen LogP contribution is -2.27. The highest BCUT2D eigenvalue weighted by molar-refractivity contribution is 5.99. The number of hydrogen-bond acceptors (Lipinski definition) is 7. The lowest BCUT2D eigenvalue weighted by Gasteiger charge is -2.05. The molecule has 0 atom stereocenters. The third-order valence-corrected chi connectivity index (χ3v) is 4.10. The van der Waals surface area contributed by atoms with Crippen molar-refractivity contribution >= 4 is 24.2 Å². The summed E-state index contributed by atoms with van der Waals surface area (Å²) in [5.41, 5.74) is 1.20. The number of carbonyl (C=O) groups excluding carboxylic acids is 3. The summed E-state index contributed by atoms with van der Waals surface area (Å²) in [6, 6.07) is 14.2. The van der Waals surface area contributed by atoms with Crippen LogP contribution in [0, 0.1) is 13.1 Å². The van der Waals surface area contributed by atoms with Crippen LogP contribution >= 0.6 is 0 Å². The third-order valence-electron chi connectivity index (χ3n) is 4.10. The van der Waals surface area contributed by atoms with Crippen LogP contribution in [0.25, 0.3) is 15.8 Å². The number of ether oxygens (including phenoxy) is 2. The molecule has 11 nitrogen and oxygen atoms in total. The van der Waals surface area contributed by atoms with Gasteiger partial charge in [-0.05, 0) is 24.3 Å². The molecule has 0 aliphatic heterocycles. The van der Waals surface area contributed by atoms with Crippen LogP contribution < -0.4 is 20.1 Å². The fourth-order valence-electron chi connectivity index (χ4n) is 2.43. The first-order valence-electron chi connectivity index (χ1n) is 10.8. The Bertz CT molecular complexity index is 1110. The molecule has 4 N–H and O–H groups in total. The number of methoxy groups -OCH3 is 2. The van der Waals surface area contributed by atoms with E-state index in [4.69, 9.17) is 32.8 Å². The van der Waals surface area contributed by atoms with E-state index in [1.807, 2.05) is 6.07 Å². The maximum absolute atomic E-state index is 11.6. The van der Waals surface area contributed by atoms with E-state index < -0.39 is 5.91 Å². The van der Waals surface area contributed by atoms with Crippen LogP contribution in [0.4, 0.5) is 0 Å². The maximum Gasteiger partial charge on any atom is 0.300 e. The molecular formula is C27H34N4O7. The molecule has 0 spiro atoms. The Morgan fingerprint density at radius 2 is 1.39 bits per heavy atom. The summed E-state index contributed by atoms with van der Waals surface area (Å²) in [5.74, 6) is 0.370. The molecule has 0 radical (unpaired) electrons. The van der Waals surface area contributed by atoms with Gasteiger partial charge in [-0.3, -0.25) is 14.4 Å². The zero-order valence-corrected chi connectivity index (χ0v) is 20.6. The van der Waals surface area contributed by atoms with Gasteiger partial charge in [0.25, 0.3) is 18.1 Å². The van der Waals surface area contributed by atoms with E-state index in [9.17, 15) is 14.4 Å². The molecule has 2 amide bonds. The van der Waals surface area contributed by atoms with Gasteiger partial charge in [0.1, 0.15) is 11.5 Å². The normalized spacial score (nSPS) is 9.26. The van der Waals surface area contributed by atoms with Gasteiger partial charge in [-0.2, -0.15) is 0 Å². The first-order chi connectivity index (χ1) is 17.9. The van der Waals surface area contributed by atoms with Crippen molar-refractivity contribution in [3.05, 3.63) is 88.2 Å². The quantitative estimate of drug-likeness (QED) is 0.211. The van der Waals surface area contributed by atoms with E-state index in [2.05, 4.69) is 20.3 Å². The molecule has 2 aromatic rings. The molecule has 2 aromatic carbocycles. The van der Waals surface area contributed by atoms with Crippen molar-refractivity contribution in [3.8, 4) is 11.5 Å². The highest BCUT2D eigenvalue weighted by atomic mass is 16.5. The fraction of sp³-hybridized carbons (Fsp3) is 0.296. The van der Waals surface area contributed by atoms with E-state index in [1.165, 1.54) is 13.2 Å². The number of carbonyl (C=O) groups is 3. The number of rotatable bonds is 10. The molecule has 0 aliphatic rings. The molecule has 2 rings (SSSR count). The zero-order valence-electron chi connectivity index (χ0n) is 20.6. The second-order valence-corrected chi connectivity index (χ2v) is 6.61. The van der Waals surface area contributed by atoms with E-state index in [0.717, 1.165) is 6.29 Å². The smallest absolute Gasteiger partial charge is 0.300 e. The van der Waals surface area contributed by atoms with Crippen molar-refractivity contribution in [2.24, 2.45) is 0 Å². The average Bonchev–Trinajstić information content (AvgIpc) is 2.94. The molecule has 0 saturated heterocycles. The molecular weight excluding hydrogens is 492 g/mol. The van der Waals surface area contributed by atoms with Crippen molar-refractivity contribution in [2.45, 2.75) is 7.43 Å². The first-order valence-corrected chi connectivity index (χ1v) is 10.8. The summed E-state index contributed by atoms with van der Waals surface area (Å²) in [4.78, 5) is 38.3. The number of aldehydes is 1. The predicted molar refractivity (Wildman–Crippen MR) is 144 cm³/mol.